The Morgan fingerprint density at radius 3 is 2.18 bits per heavy atom. The molecule has 34 heavy (non-hydrogen) atoms. The molecule has 180 valence electrons. The van der Waals surface area contributed by atoms with Gasteiger partial charge in [-0.15, -0.1) is 0 Å². The van der Waals surface area contributed by atoms with Crippen LogP contribution in [0.3, 0.4) is 0 Å². The van der Waals surface area contributed by atoms with E-state index in [4.69, 9.17) is 0 Å². The largest absolute Gasteiger partial charge is 0.508 e. The van der Waals surface area contributed by atoms with Crippen LogP contribution in [0.5, 0.6) is 5.75 Å². The van der Waals surface area contributed by atoms with Crippen LogP contribution in [0.25, 0.3) is 0 Å². The Bertz CT molecular complexity index is 1070. The Balaban J connectivity index is 2.30. The molecule has 2 rings (SSSR count). The van der Waals surface area contributed by atoms with E-state index < -0.39 is 39.1 Å². The van der Waals surface area contributed by atoms with Gasteiger partial charge in [-0.25, -0.2) is 5.43 Å². The minimum atomic E-state index is -1.15. The van der Waals surface area contributed by atoms with Gasteiger partial charge in [0.05, 0.1) is 21.5 Å². The Morgan fingerprint density at radius 1 is 1.06 bits per heavy atom. The van der Waals surface area contributed by atoms with E-state index in [1.165, 1.54) is 12.1 Å². The van der Waals surface area contributed by atoms with Crippen LogP contribution >= 0.6 is 0 Å². The van der Waals surface area contributed by atoms with E-state index in [9.17, 15) is 34.9 Å². The fourth-order valence-corrected chi connectivity index (χ4v) is 2.97. The maximum atomic E-state index is 12.8. The second-order valence-electron chi connectivity index (χ2n) is 7.58. The number of phenolic OH excluding ortho intramolecular Hbond substituents is 1. The van der Waals surface area contributed by atoms with Crippen molar-refractivity contribution in [3.8, 4) is 5.75 Å². The number of amides is 2. The summed E-state index contributed by atoms with van der Waals surface area (Å²) in [5, 5.41) is 38.2. The van der Waals surface area contributed by atoms with Gasteiger partial charge in [-0.05, 0) is 37.5 Å². The number of aromatic hydroxyl groups is 1. The molecular formula is C22H25N5O7. The van der Waals surface area contributed by atoms with E-state index in [1.54, 1.807) is 19.1 Å². The number of unbranched alkanes of at least 4 members (excludes halogenated alkanes) is 1. The molecule has 12 nitrogen and oxygen atoms in total. The zero-order valence-electron chi connectivity index (χ0n) is 18.7. The van der Waals surface area contributed by atoms with Gasteiger partial charge in [0.15, 0.2) is 0 Å². The van der Waals surface area contributed by atoms with Gasteiger partial charge < -0.3 is 10.4 Å². The van der Waals surface area contributed by atoms with E-state index >= 15 is 0 Å². The number of rotatable bonds is 11. The van der Waals surface area contributed by atoms with Crippen LogP contribution in [-0.4, -0.2) is 38.5 Å². The second kappa shape index (κ2) is 12.0. The summed E-state index contributed by atoms with van der Waals surface area (Å²) in [6.07, 6.45) is 2.54. The molecule has 2 amide bonds. The molecule has 0 saturated carbocycles. The average Bonchev–Trinajstić information content (AvgIpc) is 2.81. The maximum Gasteiger partial charge on any atom is 0.277 e. The molecule has 2 aromatic carbocycles. The molecule has 0 spiro atoms. The third kappa shape index (κ3) is 7.65. The highest BCUT2D eigenvalue weighted by atomic mass is 16.6. The van der Waals surface area contributed by atoms with Gasteiger partial charge in [0.25, 0.3) is 23.2 Å². The fourth-order valence-electron chi connectivity index (χ4n) is 2.97. The Hall–Kier alpha value is -4.35. The smallest absolute Gasteiger partial charge is 0.277 e. The normalized spacial score (nSPS) is 12.0. The second-order valence-corrected chi connectivity index (χ2v) is 7.58. The molecule has 0 radical (unpaired) electrons. The zero-order chi connectivity index (χ0) is 25.3. The van der Waals surface area contributed by atoms with Crippen LogP contribution in [0.4, 0.5) is 11.4 Å². The number of nitro groups is 2. The predicted molar refractivity (Wildman–Crippen MR) is 124 cm³/mol. The lowest BCUT2D eigenvalue weighted by atomic mass is 10.0. The molecule has 3 N–H and O–H groups in total. The first kappa shape index (κ1) is 25.9. The molecule has 0 aliphatic rings. The van der Waals surface area contributed by atoms with Gasteiger partial charge in [-0.3, -0.25) is 29.8 Å². The number of hydrogen-bond donors (Lipinski definition) is 3. The number of carbonyl (C=O) groups is 2. The van der Waals surface area contributed by atoms with Crippen molar-refractivity contribution in [1.29, 1.82) is 0 Å². The Kier molecular flexibility index (Phi) is 9.18. The first-order chi connectivity index (χ1) is 16.1. The number of nitrogens with one attached hydrogen (secondary N) is 2. The number of carbonyl (C=O) groups excluding carboxylic acids is 2. The summed E-state index contributed by atoms with van der Waals surface area (Å²) in [6.45, 7) is 3.78. The number of nitro benzene ring substituents is 2. The van der Waals surface area contributed by atoms with Gasteiger partial charge in [-0.1, -0.05) is 25.5 Å². The lowest BCUT2D eigenvalue weighted by molar-refractivity contribution is -0.394. The summed E-state index contributed by atoms with van der Waals surface area (Å²) in [5.74, 6) is -1.52. The van der Waals surface area contributed by atoms with E-state index in [-0.39, 0.29) is 17.7 Å². The molecule has 0 heterocycles. The third-order valence-electron chi connectivity index (χ3n) is 4.83. The number of hydrogen-bond acceptors (Lipinski definition) is 8. The number of benzene rings is 2. The first-order valence-electron chi connectivity index (χ1n) is 10.5. The monoisotopic (exact) mass is 471 g/mol. The van der Waals surface area contributed by atoms with Gasteiger partial charge in [0.1, 0.15) is 11.8 Å². The maximum absolute atomic E-state index is 12.8. The molecule has 12 heteroatoms. The topological polar surface area (TPSA) is 177 Å². The van der Waals surface area contributed by atoms with Gasteiger partial charge in [-0.2, -0.15) is 5.10 Å². The molecule has 0 saturated heterocycles. The van der Waals surface area contributed by atoms with E-state index in [2.05, 4.69) is 15.8 Å². The van der Waals surface area contributed by atoms with Crippen molar-refractivity contribution in [2.45, 2.75) is 45.6 Å². The predicted octanol–water partition coefficient (Wildman–Crippen LogP) is 3.23. The fraction of sp³-hybridized carbons (Fsp3) is 0.318. The summed E-state index contributed by atoms with van der Waals surface area (Å²) in [6, 6.07) is 7.34. The quantitative estimate of drug-likeness (QED) is 0.256. The van der Waals surface area contributed by atoms with Crippen LogP contribution in [0, 0.1) is 20.2 Å². The van der Waals surface area contributed by atoms with Crippen molar-refractivity contribution in [1.82, 2.24) is 10.7 Å². The van der Waals surface area contributed by atoms with Crippen LogP contribution in [-0.2, 0) is 11.2 Å². The number of hydrazone groups is 1. The molecule has 1 atom stereocenters. The summed E-state index contributed by atoms with van der Waals surface area (Å²) < 4.78 is 0. The molecule has 2 aromatic rings. The Labute approximate surface area is 195 Å². The lowest BCUT2D eigenvalue weighted by Gasteiger charge is -2.18. The van der Waals surface area contributed by atoms with Crippen molar-refractivity contribution < 1.29 is 24.5 Å². The Morgan fingerprint density at radius 2 is 1.65 bits per heavy atom. The number of nitrogens with zero attached hydrogens (tertiary/aromatic N) is 3. The van der Waals surface area contributed by atoms with Crippen LogP contribution in [0.2, 0.25) is 0 Å². The third-order valence-corrected chi connectivity index (χ3v) is 4.83. The van der Waals surface area contributed by atoms with Gasteiger partial charge in [0.2, 0.25) is 0 Å². The highest BCUT2D eigenvalue weighted by molar-refractivity contribution is 5.98. The van der Waals surface area contributed by atoms with Gasteiger partial charge in [0, 0.05) is 24.3 Å². The average molecular weight is 471 g/mol. The number of non-ortho nitro benzene ring substituents is 2. The summed E-state index contributed by atoms with van der Waals surface area (Å²) in [5.41, 5.74) is 2.11. The standard InChI is InChI=1S/C22H25N5O7/c1-3-4-5-14(2)24-25-22(30)20(10-15-6-8-19(28)9-7-15)23-21(29)16-11-17(26(31)32)13-18(12-16)27(33)34/h6-9,11-13,20,28H,3-5,10H2,1-2H3,(H,23,29)(H,25,30)/b24-14+. The SMILES string of the molecule is CCCC/C(C)=N/NC(=O)C(Cc1ccc(O)cc1)NC(=O)c1cc([N+](=O)[O-])cc([N+](=O)[O-])c1. The molecule has 0 aromatic heterocycles. The van der Waals surface area contributed by atoms with Crippen molar-refractivity contribution >= 4 is 28.9 Å². The number of phenols is 1. The molecule has 0 aliphatic carbocycles. The highest BCUT2D eigenvalue weighted by Gasteiger charge is 2.25. The van der Waals surface area contributed by atoms with Gasteiger partial charge >= 0.3 is 0 Å². The molecular weight excluding hydrogens is 446 g/mol. The summed E-state index contributed by atoms with van der Waals surface area (Å²) in [4.78, 5) is 46.2. The van der Waals surface area contributed by atoms with Crippen LogP contribution in [0.15, 0.2) is 47.6 Å². The first-order valence-corrected chi connectivity index (χ1v) is 10.5. The lowest BCUT2D eigenvalue weighted by Crippen LogP contribution is -2.47. The summed E-state index contributed by atoms with van der Waals surface area (Å²) in [7, 11) is 0. The van der Waals surface area contributed by atoms with E-state index in [0.717, 1.165) is 31.0 Å². The van der Waals surface area contributed by atoms with Crippen molar-refractivity contribution in [2.75, 3.05) is 0 Å². The molecule has 0 fully saturated rings. The summed E-state index contributed by atoms with van der Waals surface area (Å²) >= 11 is 0. The van der Waals surface area contributed by atoms with E-state index in [1.807, 2.05) is 6.92 Å². The molecule has 0 aliphatic heterocycles. The van der Waals surface area contributed by atoms with Crippen molar-refractivity contribution in [2.24, 2.45) is 5.10 Å². The van der Waals surface area contributed by atoms with Crippen LogP contribution in [0.1, 0.15) is 49.0 Å². The van der Waals surface area contributed by atoms with Crippen molar-refractivity contribution in [3.63, 3.8) is 0 Å². The molecule has 0 bridgehead atoms. The molecule has 1 unspecified atom stereocenters. The minimum Gasteiger partial charge on any atom is -0.508 e. The van der Waals surface area contributed by atoms with E-state index in [0.29, 0.717) is 17.7 Å². The van der Waals surface area contributed by atoms with Crippen LogP contribution < -0.4 is 10.7 Å². The zero-order valence-corrected chi connectivity index (χ0v) is 18.7. The minimum absolute atomic E-state index is 0.0123. The van der Waals surface area contributed by atoms with Crippen molar-refractivity contribution in [3.05, 3.63) is 73.8 Å². The highest BCUT2D eigenvalue weighted by Crippen LogP contribution is 2.23.